The fourth-order valence-corrected chi connectivity index (χ4v) is 3.76. The Morgan fingerprint density at radius 3 is 2.16 bits per heavy atom. The van der Waals surface area contributed by atoms with Crippen LogP contribution in [0.5, 0.6) is 0 Å². The summed E-state index contributed by atoms with van der Waals surface area (Å²) in [7, 11) is 1.20. The predicted molar refractivity (Wildman–Crippen MR) is 142 cm³/mol. The summed E-state index contributed by atoms with van der Waals surface area (Å²) >= 11 is 0. The maximum atomic E-state index is 14.2. The number of alkyl carbamates (subject to hydrolysis) is 1. The quantitative estimate of drug-likeness (QED) is 0.368. The molecule has 0 bridgehead atoms. The third-order valence-corrected chi connectivity index (χ3v) is 6.23. The first-order valence-corrected chi connectivity index (χ1v) is 12.5. The summed E-state index contributed by atoms with van der Waals surface area (Å²) in [5.41, 5.74) is 5.81. The van der Waals surface area contributed by atoms with Gasteiger partial charge >= 0.3 is 12.1 Å². The summed E-state index contributed by atoms with van der Waals surface area (Å²) in [4.78, 5) is 65.5. The molecule has 4 N–H and O–H groups in total. The zero-order chi connectivity index (χ0) is 29.4. The van der Waals surface area contributed by atoms with E-state index in [0.29, 0.717) is 12.0 Å². The number of ether oxygens (including phenoxy) is 2. The van der Waals surface area contributed by atoms with Crippen molar-refractivity contribution >= 4 is 29.8 Å². The topological polar surface area (TPSA) is 157 Å². The van der Waals surface area contributed by atoms with E-state index in [0.717, 1.165) is 11.1 Å². The predicted octanol–water partition coefficient (Wildman–Crippen LogP) is 2.42. The van der Waals surface area contributed by atoms with E-state index in [1.807, 2.05) is 26.8 Å². The average Bonchev–Trinajstić information content (AvgIpc) is 2.80. The van der Waals surface area contributed by atoms with Crippen molar-refractivity contribution in [2.45, 2.75) is 91.5 Å². The number of hydrogen-bond acceptors (Lipinski definition) is 7. The van der Waals surface area contributed by atoms with Gasteiger partial charge in [-0.3, -0.25) is 19.2 Å². The van der Waals surface area contributed by atoms with Gasteiger partial charge in [-0.2, -0.15) is 0 Å². The van der Waals surface area contributed by atoms with Crippen molar-refractivity contribution in [3.63, 3.8) is 0 Å². The van der Waals surface area contributed by atoms with Crippen LogP contribution < -0.4 is 16.4 Å². The van der Waals surface area contributed by atoms with Crippen LogP contribution >= 0.6 is 0 Å². The maximum Gasteiger partial charge on any atom is 0.408 e. The molecule has 11 nitrogen and oxygen atoms in total. The van der Waals surface area contributed by atoms with Gasteiger partial charge in [0.1, 0.15) is 24.2 Å². The molecule has 38 heavy (non-hydrogen) atoms. The molecule has 212 valence electrons. The Morgan fingerprint density at radius 2 is 1.66 bits per heavy atom. The Bertz CT molecular complexity index is 1050. The molecule has 0 fully saturated rings. The number of esters is 1. The first-order chi connectivity index (χ1) is 17.4. The van der Waals surface area contributed by atoms with Crippen LogP contribution in [0.4, 0.5) is 4.79 Å². The third kappa shape index (κ3) is 9.04. The second kappa shape index (κ2) is 13.3. The minimum atomic E-state index is -1.41. The van der Waals surface area contributed by atoms with Gasteiger partial charge < -0.3 is 30.7 Å². The molecule has 0 spiro atoms. The molecule has 0 saturated heterocycles. The molecule has 1 aromatic rings. The number of primary amides is 1. The van der Waals surface area contributed by atoms with Crippen LogP contribution in [0.3, 0.4) is 0 Å². The van der Waals surface area contributed by atoms with E-state index in [2.05, 4.69) is 15.4 Å². The third-order valence-electron chi connectivity index (χ3n) is 6.23. The summed E-state index contributed by atoms with van der Waals surface area (Å²) in [6.45, 7) is 13.6. The highest BCUT2D eigenvalue weighted by Crippen LogP contribution is 2.34. The second-order valence-corrected chi connectivity index (χ2v) is 10.7. The van der Waals surface area contributed by atoms with Crippen LogP contribution in [0.1, 0.15) is 77.1 Å². The van der Waals surface area contributed by atoms with Crippen LogP contribution in [-0.2, 0) is 28.7 Å². The number of rotatable bonds is 11. The highest BCUT2D eigenvalue weighted by Gasteiger charge is 2.44. The van der Waals surface area contributed by atoms with E-state index in [9.17, 15) is 24.0 Å². The summed E-state index contributed by atoms with van der Waals surface area (Å²) in [6.07, 6.45) is -1.01. The van der Waals surface area contributed by atoms with Crippen molar-refractivity contribution < 1.29 is 33.4 Å². The first kappa shape index (κ1) is 32.4. The van der Waals surface area contributed by atoms with Gasteiger partial charge in [0.2, 0.25) is 17.7 Å². The number of carbonyl (C=O) groups is 5. The van der Waals surface area contributed by atoms with Crippen molar-refractivity contribution in [3.05, 3.63) is 34.9 Å². The molecule has 2 atom stereocenters. The molecule has 2 unspecified atom stereocenters. The Hall–Kier alpha value is -3.63. The average molecular weight is 535 g/mol. The lowest BCUT2D eigenvalue weighted by molar-refractivity contribution is -0.150. The van der Waals surface area contributed by atoms with Crippen molar-refractivity contribution in [1.82, 2.24) is 15.5 Å². The Morgan fingerprint density at radius 1 is 1.05 bits per heavy atom. The first-order valence-electron chi connectivity index (χ1n) is 12.5. The molecule has 11 heteroatoms. The normalized spacial score (nSPS) is 13.1. The number of hydrogen-bond donors (Lipinski definition) is 3. The summed E-state index contributed by atoms with van der Waals surface area (Å²) < 4.78 is 9.94. The van der Waals surface area contributed by atoms with E-state index >= 15 is 0 Å². The van der Waals surface area contributed by atoms with Crippen LogP contribution in [0.15, 0.2) is 18.2 Å². The SMILES string of the molecule is CCC(C)(C)N(C(=O)C(CC(N)=O)NC(=O)OC(C)(C)C)C(C(=O)NCC(=O)OC)c1cccc(C)c1C. The minimum Gasteiger partial charge on any atom is -0.468 e. The molecule has 0 aliphatic heterocycles. The van der Waals surface area contributed by atoms with Crippen LogP contribution in [0.25, 0.3) is 0 Å². The van der Waals surface area contributed by atoms with Gasteiger partial charge in [0.25, 0.3) is 0 Å². The molecule has 0 aromatic heterocycles. The molecule has 1 rings (SSSR count). The number of nitrogens with one attached hydrogen (secondary N) is 2. The lowest BCUT2D eigenvalue weighted by atomic mass is 9.89. The summed E-state index contributed by atoms with van der Waals surface area (Å²) in [6, 6.07) is 2.74. The number of nitrogens with two attached hydrogens (primary N) is 1. The summed E-state index contributed by atoms with van der Waals surface area (Å²) in [5, 5.41) is 5.00. The fourth-order valence-electron chi connectivity index (χ4n) is 3.76. The number of carbonyl (C=O) groups excluding carboxylic acids is 5. The zero-order valence-corrected chi connectivity index (χ0v) is 23.9. The highest BCUT2D eigenvalue weighted by molar-refractivity contribution is 5.95. The summed E-state index contributed by atoms with van der Waals surface area (Å²) in [5.74, 6) is -2.83. The van der Waals surface area contributed by atoms with E-state index in [1.165, 1.54) is 12.0 Å². The zero-order valence-electron chi connectivity index (χ0n) is 23.9. The van der Waals surface area contributed by atoms with E-state index < -0.39 is 66.0 Å². The van der Waals surface area contributed by atoms with Crippen molar-refractivity contribution in [1.29, 1.82) is 0 Å². The van der Waals surface area contributed by atoms with Gasteiger partial charge in [0.15, 0.2) is 0 Å². The molecule has 0 radical (unpaired) electrons. The Labute approximate surface area is 224 Å². The van der Waals surface area contributed by atoms with Gasteiger partial charge in [-0.1, -0.05) is 25.1 Å². The lowest BCUT2D eigenvalue weighted by Crippen LogP contribution is -2.60. The number of aryl methyl sites for hydroxylation is 1. The van der Waals surface area contributed by atoms with Gasteiger partial charge in [0, 0.05) is 5.54 Å². The molecule has 4 amide bonds. The highest BCUT2D eigenvalue weighted by atomic mass is 16.6. The van der Waals surface area contributed by atoms with E-state index in [-0.39, 0.29) is 0 Å². The van der Waals surface area contributed by atoms with Crippen LogP contribution in [-0.4, -0.2) is 65.5 Å². The largest absolute Gasteiger partial charge is 0.468 e. The smallest absolute Gasteiger partial charge is 0.408 e. The van der Waals surface area contributed by atoms with Crippen LogP contribution in [0.2, 0.25) is 0 Å². The number of nitrogens with zero attached hydrogens (tertiary/aromatic N) is 1. The number of methoxy groups -OCH3 is 1. The molecular formula is C27H42N4O7. The minimum absolute atomic E-state index is 0.411. The van der Waals surface area contributed by atoms with Crippen molar-refractivity contribution in [2.75, 3.05) is 13.7 Å². The van der Waals surface area contributed by atoms with Gasteiger partial charge in [0.05, 0.1) is 13.5 Å². The van der Waals surface area contributed by atoms with Gasteiger partial charge in [-0.15, -0.1) is 0 Å². The van der Waals surface area contributed by atoms with Crippen molar-refractivity contribution in [3.8, 4) is 0 Å². The fraction of sp³-hybridized carbons (Fsp3) is 0.593. The Balaban J connectivity index is 3.73. The van der Waals surface area contributed by atoms with Gasteiger partial charge in [-0.25, -0.2) is 4.79 Å². The monoisotopic (exact) mass is 534 g/mol. The Kier molecular flexibility index (Phi) is 11.3. The number of benzene rings is 1. The standard InChI is InChI=1S/C27H42N4O7/c1-10-27(7,8)31(24(35)19(14-20(28)32)30-25(36)38-26(4,5)6)22(23(34)29-15-21(33)37-9)18-13-11-12-16(2)17(18)3/h11-13,19,22H,10,14-15H2,1-9H3,(H2,28,32)(H,29,34)(H,30,36). The van der Waals surface area contributed by atoms with Crippen molar-refractivity contribution in [2.24, 2.45) is 5.73 Å². The molecule has 0 aliphatic rings. The maximum absolute atomic E-state index is 14.2. The lowest BCUT2D eigenvalue weighted by Gasteiger charge is -2.45. The van der Waals surface area contributed by atoms with Gasteiger partial charge in [-0.05, 0) is 71.6 Å². The molecule has 1 aromatic carbocycles. The molecule has 0 aliphatic carbocycles. The second-order valence-electron chi connectivity index (χ2n) is 10.7. The number of amides is 4. The molecule has 0 saturated carbocycles. The van der Waals surface area contributed by atoms with E-state index in [1.54, 1.807) is 46.8 Å². The molecule has 0 heterocycles. The van der Waals surface area contributed by atoms with E-state index in [4.69, 9.17) is 10.5 Å². The molecular weight excluding hydrogens is 492 g/mol. The van der Waals surface area contributed by atoms with Crippen LogP contribution in [0, 0.1) is 13.8 Å².